The third-order valence-electron chi connectivity index (χ3n) is 2.05. The van der Waals surface area contributed by atoms with Crippen molar-refractivity contribution in [2.24, 2.45) is 0 Å². The predicted molar refractivity (Wildman–Crippen MR) is 57.0 cm³/mol. The molecular formula is C10H11BrN2. The highest BCUT2D eigenvalue weighted by Gasteiger charge is 2.10. The maximum absolute atomic E-state index is 4.47. The Morgan fingerprint density at radius 2 is 2.15 bits per heavy atom. The maximum atomic E-state index is 4.47. The second-order valence-electron chi connectivity index (χ2n) is 3.37. The van der Waals surface area contributed by atoms with Crippen molar-refractivity contribution < 1.29 is 0 Å². The van der Waals surface area contributed by atoms with E-state index in [4.69, 9.17) is 0 Å². The second kappa shape index (κ2) is 3.14. The van der Waals surface area contributed by atoms with Crippen LogP contribution < -0.4 is 0 Å². The van der Waals surface area contributed by atoms with Crippen LogP contribution >= 0.6 is 15.9 Å². The fourth-order valence-corrected chi connectivity index (χ4v) is 1.93. The Bertz CT molecular complexity index is 431. The third kappa shape index (κ3) is 1.37. The Labute approximate surface area is 85.7 Å². The van der Waals surface area contributed by atoms with Crippen LogP contribution in [0.5, 0.6) is 0 Å². The Morgan fingerprint density at radius 3 is 2.85 bits per heavy atom. The van der Waals surface area contributed by atoms with E-state index in [0.717, 1.165) is 15.9 Å². The van der Waals surface area contributed by atoms with E-state index in [0.29, 0.717) is 5.92 Å². The zero-order valence-electron chi connectivity index (χ0n) is 7.66. The van der Waals surface area contributed by atoms with E-state index in [1.165, 1.54) is 0 Å². The lowest BCUT2D eigenvalue weighted by Gasteiger charge is -2.02. The van der Waals surface area contributed by atoms with E-state index in [2.05, 4.69) is 45.2 Å². The number of fused-ring (bicyclic) bond motifs is 1. The molecule has 0 spiro atoms. The van der Waals surface area contributed by atoms with Gasteiger partial charge in [-0.15, -0.1) is 0 Å². The van der Waals surface area contributed by atoms with Crippen LogP contribution in [-0.2, 0) is 0 Å². The van der Waals surface area contributed by atoms with Crippen LogP contribution in [-0.4, -0.2) is 9.38 Å². The first-order valence-corrected chi connectivity index (χ1v) is 5.12. The minimum Gasteiger partial charge on any atom is -0.302 e. The van der Waals surface area contributed by atoms with Gasteiger partial charge in [0.1, 0.15) is 10.4 Å². The van der Waals surface area contributed by atoms with Crippen LogP contribution in [0.1, 0.15) is 25.6 Å². The standard InChI is InChI=1S/C10H11BrN2/c1-7(2)10-12-9(11)8-5-3-4-6-13(8)10/h3-7H,1-2H3. The van der Waals surface area contributed by atoms with Crippen LogP contribution in [0, 0.1) is 0 Å². The van der Waals surface area contributed by atoms with E-state index in [-0.39, 0.29) is 0 Å². The largest absolute Gasteiger partial charge is 0.302 e. The van der Waals surface area contributed by atoms with E-state index < -0.39 is 0 Å². The molecule has 13 heavy (non-hydrogen) atoms. The Balaban J connectivity index is 2.78. The number of imidazole rings is 1. The van der Waals surface area contributed by atoms with Gasteiger partial charge in [0.25, 0.3) is 0 Å². The number of pyridine rings is 1. The molecule has 0 N–H and O–H groups in total. The summed E-state index contributed by atoms with van der Waals surface area (Å²) in [6.07, 6.45) is 2.04. The SMILES string of the molecule is CC(C)c1nc(Br)c2ccccn12. The molecule has 2 aromatic heterocycles. The first-order valence-electron chi connectivity index (χ1n) is 4.32. The summed E-state index contributed by atoms with van der Waals surface area (Å²) in [4.78, 5) is 4.47. The molecule has 68 valence electrons. The molecule has 0 bridgehead atoms. The minimum atomic E-state index is 0.446. The molecule has 0 fully saturated rings. The van der Waals surface area contributed by atoms with Crippen LogP contribution in [0.3, 0.4) is 0 Å². The van der Waals surface area contributed by atoms with Gasteiger partial charge in [-0.3, -0.25) is 0 Å². The molecule has 0 aliphatic rings. The van der Waals surface area contributed by atoms with Crippen molar-refractivity contribution >= 4 is 21.4 Å². The molecule has 0 aromatic carbocycles. The first-order chi connectivity index (χ1) is 6.20. The Hall–Kier alpha value is -0.830. The summed E-state index contributed by atoms with van der Waals surface area (Å²) in [6, 6.07) is 6.10. The van der Waals surface area contributed by atoms with Crippen molar-refractivity contribution in [2.45, 2.75) is 19.8 Å². The van der Waals surface area contributed by atoms with Crippen molar-refractivity contribution in [1.82, 2.24) is 9.38 Å². The number of rotatable bonds is 1. The smallest absolute Gasteiger partial charge is 0.132 e. The summed E-state index contributed by atoms with van der Waals surface area (Å²) >= 11 is 3.45. The number of nitrogens with zero attached hydrogens (tertiary/aromatic N) is 2. The average molecular weight is 239 g/mol. The normalized spacial score (nSPS) is 11.4. The molecule has 0 saturated heterocycles. The van der Waals surface area contributed by atoms with Crippen LogP contribution in [0.2, 0.25) is 0 Å². The molecule has 0 radical (unpaired) electrons. The Morgan fingerprint density at radius 1 is 1.38 bits per heavy atom. The lowest BCUT2D eigenvalue weighted by atomic mass is 10.2. The molecule has 2 nitrogen and oxygen atoms in total. The van der Waals surface area contributed by atoms with E-state index in [1.807, 2.05) is 18.3 Å². The van der Waals surface area contributed by atoms with Gasteiger partial charge in [-0.25, -0.2) is 4.98 Å². The number of aromatic nitrogens is 2. The molecule has 2 aromatic rings. The van der Waals surface area contributed by atoms with E-state index >= 15 is 0 Å². The van der Waals surface area contributed by atoms with Crippen molar-refractivity contribution in [3.63, 3.8) is 0 Å². The van der Waals surface area contributed by atoms with Crippen LogP contribution in [0.4, 0.5) is 0 Å². The molecule has 0 amide bonds. The summed E-state index contributed by atoms with van der Waals surface area (Å²) in [5.74, 6) is 1.55. The van der Waals surface area contributed by atoms with Gasteiger partial charge >= 0.3 is 0 Å². The van der Waals surface area contributed by atoms with Crippen molar-refractivity contribution in [3.05, 3.63) is 34.8 Å². The van der Waals surface area contributed by atoms with Gasteiger partial charge in [0, 0.05) is 12.1 Å². The van der Waals surface area contributed by atoms with Gasteiger partial charge in [0.15, 0.2) is 0 Å². The topological polar surface area (TPSA) is 17.3 Å². The molecule has 2 heterocycles. The average Bonchev–Trinajstić information content (AvgIpc) is 2.45. The summed E-state index contributed by atoms with van der Waals surface area (Å²) in [6.45, 7) is 4.29. The molecule has 2 rings (SSSR count). The van der Waals surface area contributed by atoms with Crippen molar-refractivity contribution in [3.8, 4) is 0 Å². The second-order valence-corrected chi connectivity index (χ2v) is 4.12. The number of hydrogen-bond acceptors (Lipinski definition) is 1. The van der Waals surface area contributed by atoms with Gasteiger partial charge in [0.2, 0.25) is 0 Å². The minimum absolute atomic E-state index is 0.446. The first kappa shape index (κ1) is 8.75. The molecule has 0 atom stereocenters. The zero-order valence-corrected chi connectivity index (χ0v) is 9.25. The van der Waals surface area contributed by atoms with Gasteiger partial charge < -0.3 is 4.40 Å². The van der Waals surface area contributed by atoms with Gasteiger partial charge in [0.05, 0.1) is 5.52 Å². The lowest BCUT2D eigenvalue weighted by Crippen LogP contribution is -1.95. The molecule has 0 saturated carbocycles. The highest BCUT2D eigenvalue weighted by molar-refractivity contribution is 9.10. The Kier molecular flexibility index (Phi) is 2.12. The number of halogens is 1. The zero-order chi connectivity index (χ0) is 9.42. The number of hydrogen-bond donors (Lipinski definition) is 0. The summed E-state index contributed by atoms with van der Waals surface area (Å²) in [5.41, 5.74) is 1.13. The molecule has 0 aliphatic heterocycles. The van der Waals surface area contributed by atoms with Crippen LogP contribution in [0.25, 0.3) is 5.52 Å². The highest BCUT2D eigenvalue weighted by Crippen LogP contribution is 2.22. The van der Waals surface area contributed by atoms with Gasteiger partial charge in [-0.2, -0.15) is 0 Å². The summed E-state index contributed by atoms with van der Waals surface area (Å²) in [7, 11) is 0. The molecule has 0 unspecified atom stereocenters. The van der Waals surface area contributed by atoms with Gasteiger partial charge in [-0.05, 0) is 28.1 Å². The fraction of sp³-hybridized carbons (Fsp3) is 0.300. The van der Waals surface area contributed by atoms with Crippen molar-refractivity contribution in [2.75, 3.05) is 0 Å². The van der Waals surface area contributed by atoms with Crippen LogP contribution in [0.15, 0.2) is 29.0 Å². The quantitative estimate of drug-likeness (QED) is 0.746. The summed E-state index contributed by atoms with van der Waals surface area (Å²) in [5, 5.41) is 0. The van der Waals surface area contributed by atoms with Gasteiger partial charge in [-0.1, -0.05) is 19.9 Å². The third-order valence-corrected chi connectivity index (χ3v) is 2.63. The fourth-order valence-electron chi connectivity index (χ4n) is 1.43. The summed E-state index contributed by atoms with van der Waals surface area (Å²) < 4.78 is 3.05. The predicted octanol–water partition coefficient (Wildman–Crippen LogP) is 3.22. The lowest BCUT2D eigenvalue weighted by molar-refractivity contribution is 0.769. The van der Waals surface area contributed by atoms with E-state index in [1.54, 1.807) is 0 Å². The highest BCUT2D eigenvalue weighted by atomic mass is 79.9. The van der Waals surface area contributed by atoms with Crippen molar-refractivity contribution in [1.29, 1.82) is 0 Å². The molecular weight excluding hydrogens is 228 g/mol. The molecule has 3 heteroatoms. The van der Waals surface area contributed by atoms with E-state index in [9.17, 15) is 0 Å². The maximum Gasteiger partial charge on any atom is 0.132 e. The molecule has 0 aliphatic carbocycles. The monoisotopic (exact) mass is 238 g/mol.